The number of alkyl halides is 1. The summed E-state index contributed by atoms with van der Waals surface area (Å²) in [6, 6.07) is 11.9. The van der Waals surface area contributed by atoms with E-state index in [9.17, 15) is 5.26 Å². The normalized spacial score (nSPS) is 13.7. The highest BCUT2D eigenvalue weighted by molar-refractivity contribution is 6.76. The fourth-order valence-electron chi connectivity index (χ4n) is 3.92. The molecule has 1 aromatic heterocycles. The van der Waals surface area contributed by atoms with Crippen LogP contribution in [-0.2, 0) is 22.1 Å². The second kappa shape index (κ2) is 9.63. The number of halogens is 1. The van der Waals surface area contributed by atoms with E-state index in [0.717, 1.165) is 11.6 Å². The molecule has 2 aromatic carbocycles. The van der Waals surface area contributed by atoms with E-state index in [4.69, 9.17) is 14.2 Å². The quantitative estimate of drug-likeness (QED) is 0.299. The minimum atomic E-state index is -2.39. The summed E-state index contributed by atoms with van der Waals surface area (Å²) >= 11 is 0. The molecule has 176 valence electrons. The molecule has 0 spiro atoms. The van der Waals surface area contributed by atoms with Crippen LogP contribution < -0.4 is 4.74 Å². The van der Waals surface area contributed by atoms with E-state index in [-0.39, 0.29) is 18.1 Å². The summed E-state index contributed by atoms with van der Waals surface area (Å²) in [7, 11) is 1.54. The Balaban J connectivity index is 2.18. The minimum Gasteiger partial charge on any atom is -0.496 e. The Bertz CT molecular complexity index is 1200. The lowest BCUT2D eigenvalue weighted by atomic mass is 9.97. The Morgan fingerprint density at radius 1 is 1.15 bits per heavy atom. The zero-order chi connectivity index (χ0) is 24.4. The molecule has 0 N–H and O–H groups in total. The maximum atomic E-state index is 16.9. The van der Waals surface area contributed by atoms with Crippen LogP contribution in [0.2, 0.25) is 25.7 Å². The monoisotopic (exact) mass is 469 g/mol. The summed E-state index contributed by atoms with van der Waals surface area (Å²) < 4.78 is 35.6. The first-order valence-corrected chi connectivity index (χ1v) is 14.6. The largest absolute Gasteiger partial charge is 0.496 e. The molecule has 3 rings (SSSR count). The number of hydrogen-bond acceptors (Lipinski definition) is 5. The fraction of sp³-hybridized carbons (Fsp3) is 0.440. The Labute approximate surface area is 195 Å². The van der Waals surface area contributed by atoms with Crippen LogP contribution >= 0.6 is 0 Å². The van der Waals surface area contributed by atoms with Crippen LogP contribution in [0.25, 0.3) is 11.0 Å². The first-order valence-electron chi connectivity index (χ1n) is 10.9. The second-order valence-electron chi connectivity index (χ2n) is 9.49. The highest BCUT2D eigenvalue weighted by Crippen LogP contribution is 2.43. The Kier molecular flexibility index (Phi) is 7.27. The summed E-state index contributed by atoms with van der Waals surface area (Å²) in [4.78, 5) is 4.59. The van der Waals surface area contributed by atoms with Crippen molar-refractivity contribution in [3.05, 3.63) is 58.4 Å². The van der Waals surface area contributed by atoms with Gasteiger partial charge >= 0.3 is 0 Å². The molecule has 3 aromatic rings. The van der Waals surface area contributed by atoms with Gasteiger partial charge in [0.2, 0.25) is 0 Å². The zero-order valence-electron chi connectivity index (χ0n) is 20.5. The van der Waals surface area contributed by atoms with Crippen LogP contribution in [0.3, 0.4) is 0 Å². The summed E-state index contributed by atoms with van der Waals surface area (Å²) in [5.41, 5.74) is 3.52. The van der Waals surface area contributed by atoms with E-state index in [2.05, 4.69) is 30.7 Å². The molecule has 0 aliphatic rings. The molecule has 0 aliphatic carbocycles. The van der Waals surface area contributed by atoms with Crippen LogP contribution in [0.15, 0.2) is 30.3 Å². The summed E-state index contributed by atoms with van der Waals surface area (Å²) in [5, 5.41) is 9.32. The van der Waals surface area contributed by atoms with Crippen LogP contribution in [0.5, 0.6) is 5.75 Å². The predicted octanol–water partition coefficient (Wildman–Crippen LogP) is 5.66. The molecule has 0 aliphatic heterocycles. The van der Waals surface area contributed by atoms with Crippen LogP contribution in [0.4, 0.5) is 4.39 Å². The van der Waals surface area contributed by atoms with Gasteiger partial charge in [-0.25, -0.2) is 4.98 Å². The van der Waals surface area contributed by atoms with Gasteiger partial charge in [-0.3, -0.25) is 4.57 Å². The molecular weight excluding hydrogens is 437 g/mol. The van der Waals surface area contributed by atoms with Gasteiger partial charge in [0.25, 0.3) is 5.85 Å². The van der Waals surface area contributed by atoms with Crippen molar-refractivity contribution in [2.75, 3.05) is 20.8 Å². The minimum absolute atomic E-state index is 0.0494. The van der Waals surface area contributed by atoms with Gasteiger partial charge in [0, 0.05) is 21.8 Å². The highest BCUT2D eigenvalue weighted by atomic mass is 28.3. The van der Waals surface area contributed by atoms with Crippen molar-refractivity contribution < 1.29 is 18.6 Å². The molecule has 0 saturated carbocycles. The Morgan fingerprint density at radius 2 is 1.88 bits per heavy atom. The average Bonchev–Trinajstić information content (AvgIpc) is 3.13. The molecule has 33 heavy (non-hydrogen) atoms. The number of benzene rings is 2. The first kappa shape index (κ1) is 24.9. The molecule has 1 heterocycles. The molecule has 0 amide bonds. The maximum absolute atomic E-state index is 16.9. The lowest BCUT2D eigenvalue weighted by Crippen LogP contribution is -2.31. The summed E-state index contributed by atoms with van der Waals surface area (Å²) in [6.07, 6.45) is 0. The van der Waals surface area contributed by atoms with Gasteiger partial charge in [0.05, 0.1) is 35.3 Å². The van der Waals surface area contributed by atoms with Crippen molar-refractivity contribution in [1.29, 1.82) is 5.26 Å². The van der Waals surface area contributed by atoms with Gasteiger partial charge in [-0.1, -0.05) is 25.7 Å². The molecule has 0 bridgehead atoms. The van der Waals surface area contributed by atoms with Crippen LogP contribution in [0, 0.1) is 25.2 Å². The standard InChI is InChI=1S/C25H32FN3O3Si/c1-17-12-18(2)23(22(13-17)30-3)25(26,31-4)24-28-20-14-19(15-27)8-9-21(20)29(24)16-32-10-11-33(5,6)7/h8-9,12-14H,10-11,16H2,1-7H3. The van der Waals surface area contributed by atoms with E-state index < -0.39 is 13.9 Å². The molecule has 0 fully saturated rings. The third-order valence-electron chi connectivity index (χ3n) is 5.65. The number of methoxy groups -OCH3 is 2. The van der Waals surface area contributed by atoms with E-state index in [1.807, 2.05) is 19.9 Å². The third-order valence-corrected chi connectivity index (χ3v) is 7.35. The van der Waals surface area contributed by atoms with Crippen molar-refractivity contribution in [2.45, 2.75) is 52.1 Å². The lowest BCUT2D eigenvalue weighted by Gasteiger charge is -2.28. The van der Waals surface area contributed by atoms with Gasteiger partial charge in [0.15, 0.2) is 5.82 Å². The molecular formula is C25H32FN3O3Si. The van der Waals surface area contributed by atoms with E-state index >= 15 is 4.39 Å². The number of nitrogens with zero attached hydrogens (tertiary/aromatic N) is 3. The van der Waals surface area contributed by atoms with Crippen LogP contribution in [0.1, 0.15) is 28.1 Å². The SMILES string of the molecule is COc1cc(C)cc(C)c1C(F)(OC)c1nc2cc(C#N)ccc2n1COCC[Si](C)(C)C. The van der Waals surface area contributed by atoms with Gasteiger partial charge in [-0.05, 0) is 55.3 Å². The lowest BCUT2D eigenvalue weighted by molar-refractivity contribution is -0.105. The number of aryl methyl sites for hydroxylation is 2. The van der Waals surface area contributed by atoms with Crippen molar-refractivity contribution in [3.63, 3.8) is 0 Å². The number of hydrogen-bond donors (Lipinski definition) is 0. The number of imidazole rings is 1. The van der Waals surface area contributed by atoms with Crippen molar-refractivity contribution in [1.82, 2.24) is 9.55 Å². The van der Waals surface area contributed by atoms with E-state index in [1.165, 1.54) is 14.2 Å². The Morgan fingerprint density at radius 3 is 2.48 bits per heavy atom. The number of nitriles is 1. The van der Waals surface area contributed by atoms with Crippen molar-refractivity contribution in [3.8, 4) is 11.8 Å². The second-order valence-corrected chi connectivity index (χ2v) is 15.1. The average molecular weight is 470 g/mol. The number of ether oxygens (including phenoxy) is 3. The van der Waals surface area contributed by atoms with Gasteiger partial charge < -0.3 is 14.2 Å². The number of rotatable bonds is 9. The summed E-state index contributed by atoms with van der Waals surface area (Å²) in [6.45, 7) is 11.3. The molecule has 6 nitrogen and oxygen atoms in total. The molecule has 0 saturated heterocycles. The van der Waals surface area contributed by atoms with Gasteiger partial charge in [0.1, 0.15) is 12.5 Å². The van der Waals surface area contributed by atoms with Gasteiger partial charge in [-0.2, -0.15) is 9.65 Å². The molecule has 1 atom stereocenters. The third kappa shape index (κ3) is 5.11. The van der Waals surface area contributed by atoms with E-state index in [0.29, 0.717) is 34.5 Å². The zero-order valence-corrected chi connectivity index (χ0v) is 21.5. The number of aromatic nitrogens is 2. The Hall–Kier alpha value is -2.73. The van der Waals surface area contributed by atoms with E-state index in [1.54, 1.807) is 28.8 Å². The van der Waals surface area contributed by atoms with Crippen molar-refractivity contribution in [2.24, 2.45) is 0 Å². The molecule has 0 radical (unpaired) electrons. The first-order chi connectivity index (χ1) is 15.5. The molecule has 1 unspecified atom stereocenters. The maximum Gasteiger partial charge on any atom is 0.298 e. The highest BCUT2D eigenvalue weighted by Gasteiger charge is 2.44. The smallest absolute Gasteiger partial charge is 0.298 e. The topological polar surface area (TPSA) is 69.3 Å². The van der Waals surface area contributed by atoms with Crippen LogP contribution in [-0.4, -0.2) is 38.5 Å². The summed E-state index contributed by atoms with van der Waals surface area (Å²) in [5.74, 6) is -1.96. The molecule has 8 heteroatoms. The van der Waals surface area contributed by atoms with Gasteiger partial charge in [-0.15, -0.1) is 0 Å². The predicted molar refractivity (Wildman–Crippen MR) is 130 cm³/mol. The fourth-order valence-corrected chi connectivity index (χ4v) is 4.67. The number of fused-ring (bicyclic) bond motifs is 1. The van der Waals surface area contributed by atoms with Crippen molar-refractivity contribution >= 4 is 19.1 Å².